The van der Waals surface area contributed by atoms with Crippen LogP contribution in [0.3, 0.4) is 0 Å². The molecule has 19 heavy (non-hydrogen) atoms. The molecular weight excluding hydrogens is 238 g/mol. The molecule has 1 aliphatic carbocycles. The summed E-state index contributed by atoms with van der Waals surface area (Å²) in [6, 6.07) is 12.8. The molecule has 0 saturated heterocycles. The number of benzene rings is 1. The Hall–Kier alpha value is -1.87. The van der Waals surface area contributed by atoms with Gasteiger partial charge >= 0.3 is 0 Å². The van der Waals surface area contributed by atoms with Crippen molar-refractivity contribution in [2.45, 2.75) is 25.5 Å². The molecule has 1 heterocycles. The topological polar surface area (TPSA) is 34.7 Å². The molecule has 98 valence electrons. The number of ether oxygens (including phenoxy) is 1. The summed E-state index contributed by atoms with van der Waals surface area (Å²) >= 11 is 0. The zero-order valence-corrected chi connectivity index (χ0v) is 11.0. The van der Waals surface area contributed by atoms with Crippen LogP contribution in [0.1, 0.15) is 22.6 Å². The van der Waals surface area contributed by atoms with E-state index >= 15 is 0 Å². The Morgan fingerprint density at radius 3 is 2.63 bits per heavy atom. The first-order valence-corrected chi connectivity index (χ1v) is 6.53. The number of fused-ring (bicyclic) bond motifs is 1. The predicted octanol–water partition coefficient (Wildman–Crippen LogP) is 3.01. The third-order valence-electron chi connectivity index (χ3n) is 3.41. The van der Waals surface area contributed by atoms with Gasteiger partial charge in [-0.05, 0) is 36.1 Å². The minimum atomic E-state index is 0.341. The van der Waals surface area contributed by atoms with Gasteiger partial charge in [-0.15, -0.1) is 0 Å². The Morgan fingerprint density at radius 2 is 1.95 bits per heavy atom. The number of rotatable bonds is 4. The molecule has 3 heteroatoms. The Balaban J connectivity index is 1.64. The molecule has 0 atom stereocenters. The van der Waals surface area contributed by atoms with Crippen molar-refractivity contribution < 1.29 is 9.15 Å². The van der Waals surface area contributed by atoms with Gasteiger partial charge in [0, 0.05) is 7.11 Å². The first-order valence-electron chi connectivity index (χ1n) is 6.53. The highest BCUT2D eigenvalue weighted by molar-refractivity contribution is 5.76. The lowest BCUT2D eigenvalue weighted by Gasteiger charge is -1.99. The maximum Gasteiger partial charge on any atom is 0.144 e. The minimum absolute atomic E-state index is 0.341. The van der Waals surface area contributed by atoms with Crippen LogP contribution in [0.25, 0.3) is 0 Å². The van der Waals surface area contributed by atoms with Crippen LogP contribution in [-0.2, 0) is 24.2 Å². The molecule has 0 spiro atoms. The fourth-order valence-corrected chi connectivity index (χ4v) is 2.50. The molecule has 1 aliphatic rings. The van der Waals surface area contributed by atoms with Crippen molar-refractivity contribution in [3.63, 3.8) is 0 Å². The van der Waals surface area contributed by atoms with E-state index in [1.165, 1.54) is 11.1 Å². The van der Waals surface area contributed by atoms with Gasteiger partial charge in [-0.3, -0.25) is 4.99 Å². The van der Waals surface area contributed by atoms with Crippen LogP contribution in [0.5, 0.6) is 0 Å². The maximum atomic E-state index is 5.59. The van der Waals surface area contributed by atoms with Gasteiger partial charge in [-0.1, -0.05) is 24.3 Å². The molecule has 0 saturated carbocycles. The van der Waals surface area contributed by atoms with Gasteiger partial charge in [0.25, 0.3) is 0 Å². The average Bonchev–Trinajstić information content (AvgIpc) is 3.02. The van der Waals surface area contributed by atoms with Gasteiger partial charge in [0.1, 0.15) is 18.1 Å². The van der Waals surface area contributed by atoms with Crippen LogP contribution in [-0.4, -0.2) is 19.4 Å². The van der Waals surface area contributed by atoms with E-state index in [2.05, 4.69) is 29.3 Å². The molecule has 1 aromatic carbocycles. The number of furan rings is 1. The molecule has 0 fully saturated rings. The second-order valence-corrected chi connectivity index (χ2v) is 4.85. The Kier molecular flexibility index (Phi) is 3.47. The van der Waals surface area contributed by atoms with Crippen LogP contribution < -0.4 is 0 Å². The highest BCUT2D eigenvalue weighted by Crippen LogP contribution is 2.23. The van der Waals surface area contributed by atoms with Crippen molar-refractivity contribution in [3.05, 3.63) is 59.0 Å². The van der Waals surface area contributed by atoms with E-state index in [0.29, 0.717) is 12.6 Å². The highest BCUT2D eigenvalue weighted by Gasteiger charge is 2.19. The summed E-state index contributed by atoms with van der Waals surface area (Å²) in [6.45, 7) is 0.503. The summed E-state index contributed by atoms with van der Waals surface area (Å²) in [5.74, 6) is 1.63. The number of aliphatic imine (C=N–C) groups is 1. The van der Waals surface area contributed by atoms with Gasteiger partial charge < -0.3 is 9.15 Å². The number of methoxy groups -OCH3 is 1. The molecule has 0 aliphatic heterocycles. The molecule has 3 nitrogen and oxygen atoms in total. The predicted molar refractivity (Wildman–Crippen MR) is 74.7 cm³/mol. The van der Waals surface area contributed by atoms with Crippen molar-refractivity contribution in [1.82, 2.24) is 0 Å². The van der Waals surface area contributed by atoms with Crippen molar-refractivity contribution in [2.75, 3.05) is 7.11 Å². The smallest absolute Gasteiger partial charge is 0.144 e. The van der Waals surface area contributed by atoms with E-state index in [4.69, 9.17) is 9.15 Å². The second-order valence-electron chi connectivity index (χ2n) is 4.85. The number of hydrogen-bond acceptors (Lipinski definition) is 3. The number of nitrogens with zero attached hydrogens (tertiary/aromatic N) is 1. The van der Waals surface area contributed by atoms with Gasteiger partial charge in [-0.2, -0.15) is 0 Å². The first kappa shape index (κ1) is 12.2. The van der Waals surface area contributed by atoms with Crippen molar-refractivity contribution in [1.29, 1.82) is 0 Å². The van der Waals surface area contributed by atoms with Crippen LogP contribution >= 0.6 is 0 Å². The zero-order chi connectivity index (χ0) is 13.1. The van der Waals surface area contributed by atoms with E-state index in [0.717, 1.165) is 24.4 Å². The summed E-state index contributed by atoms with van der Waals surface area (Å²) in [6.07, 6.45) is 3.88. The zero-order valence-electron chi connectivity index (χ0n) is 11.0. The third kappa shape index (κ3) is 2.76. The average molecular weight is 255 g/mol. The Bertz CT molecular complexity index is 561. The van der Waals surface area contributed by atoms with Gasteiger partial charge in [0.15, 0.2) is 0 Å². The first-order chi connectivity index (χ1) is 9.35. The molecule has 0 amide bonds. The molecular formula is C16H17NO2. The molecule has 0 bridgehead atoms. The Morgan fingerprint density at radius 1 is 1.21 bits per heavy atom. The summed E-state index contributed by atoms with van der Waals surface area (Å²) in [5, 5.41) is 0. The SMILES string of the molecule is COCc1ccc(C=NC2Cc3ccccc3C2)o1. The molecule has 0 radical (unpaired) electrons. The van der Waals surface area contributed by atoms with Crippen LogP contribution in [0.2, 0.25) is 0 Å². The molecule has 1 aromatic heterocycles. The van der Waals surface area contributed by atoms with Crippen LogP contribution in [0, 0.1) is 0 Å². The van der Waals surface area contributed by atoms with E-state index < -0.39 is 0 Å². The fraction of sp³-hybridized carbons (Fsp3) is 0.312. The van der Waals surface area contributed by atoms with E-state index in [1.807, 2.05) is 18.3 Å². The summed E-state index contributed by atoms with van der Waals surface area (Å²) in [7, 11) is 1.66. The lowest BCUT2D eigenvalue weighted by molar-refractivity contribution is 0.164. The van der Waals surface area contributed by atoms with Gasteiger partial charge in [-0.25, -0.2) is 0 Å². The third-order valence-corrected chi connectivity index (χ3v) is 3.41. The fourth-order valence-electron chi connectivity index (χ4n) is 2.50. The monoisotopic (exact) mass is 255 g/mol. The van der Waals surface area contributed by atoms with Crippen molar-refractivity contribution in [3.8, 4) is 0 Å². The maximum absolute atomic E-state index is 5.59. The van der Waals surface area contributed by atoms with Gasteiger partial charge in [0.05, 0.1) is 12.3 Å². The molecule has 0 N–H and O–H groups in total. The lowest BCUT2D eigenvalue weighted by atomic mass is 10.1. The van der Waals surface area contributed by atoms with Crippen LogP contribution in [0.15, 0.2) is 45.8 Å². The molecule has 0 unspecified atom stereocenters. The van der Waals surface area contributed by atoms with E-state index in [-0.39, 0.29) is 0 Å². The molecule has 3 rings (SSSR count). The quantitative estimate of drug-likeness (QED) is 0.787. The summed E-state index contributed by atoms with van der Waals surface area (Å²) < 4.78 is 10.6. The number of hydrogen-bond donors (Lipinski definition) is 0. The highest BCUT2D eigenvalue weighted by atomic mass is 16.5. The van der Waals surface area contributed by atoms with E-state index in [1.54, 1.807) is 7.11 Å². The minimum Gasteiger partial charge on any atom is -0.458 e. The summed E-state index contributed by atoms with van der Waals surface area (Å²) in [4.78, 5) is 4.62. The largest absolute Gasteiger partial charge is 0.458 e. The second kappa shape index (κ2) is 5.41. The van der Waals surface area contributed by atoms with Crippen molar-refractivity contribution in [2.24, 2.45) is 4.99 Å². The van der Waals surface area contributed by atoms with Gasteiger partial charge in [0.2, 0.25) is 0 Å². The lowest BCUT2D eigenvalue weighted by Crippen LogP contribution is -2.03. The molecule has 2 aromatic rings. The normalized spacial score (nSPS) is 15.2. The van der Waals surface area contributed by atoms with Crippen molar-refractivity contribution >= 4 is 6.21 Å². The standard InChI is InChI=1S/C16H17NO2/c1-18-11-16-7-6-15(19-16)10-17-14-8-12-4-2-3-5-13(12)9-14/h2-7,10,14H,8-9,11H2,1H3. The van der Waals surface area contributed by atoms with Crippen LogP contribution in [0.4, 0.5) is 0 Å². The summed E-state index contributed by atoms with van der Waals surface area (Å²) in [5.41, 5.74) is 2.84. The van der Waals surface area contributed by atoms with E-state index in [9.17, 15) is 0 Å². The Labute approximate surface area is 112 Å².